The number of carbonyl (C=O) groups excluding carboxylic acids is 1. The number of hydrogen-bond acceptors (Lipinski definition) is 4. The third-order valence-corrected chi connectivity index (χ3v) is 2.89. The van der Waals surface area contributed by atoms with Crippen molar-refractivity contribution in [1.29, 1.82) is 0 Å². The smallest absolute Gasteiger partial charge is 0.226 e. The maximum absolute atomic E-state index is 12.0. The van der Waals surface area contributed by atoms with Crippen molar-refractivity contribution in [3.63, 3.8) is 0 Å². The van der Waals surface area contributed by atoms with Crippen LogP contribution < -0.4 is 11.1 Å². The van der Waals surface area contributed by atoms with E-state index >= 15 is 0 Å². The first-order valence-electron chi connectivity index (χ1n) is 6.62. The number of amides is 1. The van der Waals surface area contributed by atoms with Crippen molar-refractivity contribution in [2.24, 2.45) is 5.73 Å². The number of benzene rings is 1. The van der Waals surface area contributed by atoms with Gasteiger partial charge in [0.05, 0.1) is 19.3 Å². The lowest BCUT2D eigenvalue weighted by atomic mass is 10.1. The van der Waals surface area contributed by atoms with E-state index in [1.807, 2.05) is 25.1 Å². The highest BCUT2D eigenvalue weighted by Crippen LogP contribution is 2.16. The van der Waals surface area contributed by atoms with Gasteiger partial charge in [-0.2, -0.15) is 0 Å². The van der Waals surface area contributed by atoms with Crippen molar-refractivity contribution in [1.82, 2.24) is 15.0 Å². The van der Waals surface area contributed by atoms with Gasteiger partial charge < -0.3 is 11.1 Å². The van der Waals surface area contributed by atoms with Gasteiger partial charge in [0.25, 0.3) is 0 Å². The highest BCUT2D eigenvalue weighted by molar-refractivity contribution is 5.91. The van der Waals surface area contributed by atoms with Crippen LogP contribution in [0.1, 0.15) is 17.5 Å². The average molecular weight is 283 g/mol. The minimum atomic E-state index is -0.0717. The van der Waals surface area contributed by atoms with Gasteiger partial charge in [-0.25, -0.2) is 0 Å². The standard InChI is InChI=1S/C15H17N5O/c1-12-4-5-13(3-2-7-16)11-14(12)18-15(21)6-9-20-10-8-17-19-20/h4-5,8,10-11H,6-7,9,16H2,1H3,(H,18,21). The van der Waals surface area contributed by atoms with Crippen LogP contribution in [0.15, 0.2) is 30.6 Å². The molecule has 0 spiro atoms. The number of anilines is 1. The van der Waals surface area contributed by atoms with E-state index in [0.717, 1.165) is 16.8 Å². The molecule has 1 amide bonds. The molecule has 0 bridgehead atoms. The van der Waals surface area contributed by atoms with Crippen molar-refractivity contribution >= 4 is 11.6 Å². The minimum absolute atomic E-state index is 0.0717. The van der Waals surface area contributed by atoms with Crippen molar-refractivity contribution in [3.8, 4) is 11.8 Å². The zero-order chi connectivity index (χ0) is 15.1. The molecule has 0 unspecified atom stereocenters. The van der Waals surface area contributed by atoms with Gasteiger partial charge in [-0.15, -0.1) is 5.10 Å². The molecular weight excluding hydrogens is 266 g/mol. The Balaban J connectivity index is 1.99. The Kier molecular flexibility index (Phi) is 5.07. The molecule has 1 aromatic heterocycles. The number of hydrogen-bond donors (Lipinski definition) is 2. The van der Waals surface area contributed by atoms with Crippen LogP contribution >= 0.6 is 0 Å². The summed E-state index contributed by atoms with van der Waals surface area (Å²) in [5.41, 5.74) is 7.94. The van der Waals surface area contributed by atoms with E-state index in [1.54, 1.807) is 17.1 Å². The van der Waals surface area contributed by atoms with Crippen LogP contribution in [-0.4, -0.2) is 27.4 Å². The molecule has 0 saturated heterocycles. The molecule has 0 aliphatic heterocycles. The molecule has 2 aromatic rings. The highest BCUT2D eigenvalue weighted by Gasteiger charge is 2.06. The van der Waals surface area contributed by atoms with Crippen molar-refractivity contribution in [2.45, 2.75) is 19.9 Å². The largest absolute Gasteiger partial charge is 0.326 e. The number of aryl methyl sites for hydroxylation is 2. The van der Waals surface area contributed by atoms with Crippen LogP contribution in [0.3, 0.4) is 0 Å². The fourth-order valence-electron chi connectivity index (χ4n) is 1.77. The molecule has 2 rings (SSSR count). The van der Waals surface area contributed by atoms with Gasteiger partial charge in [-0.3, -0.25) is 9.48 Å². The molecule has 0 fully saturated rings. The van der Waals surface area contributed by atoms with Crippen molar-refractivity contribution in [2.75, 3.05) is 11.9 Å². The number of nitrogens with two attached hydrogens (primary N) is 1. The third kappa shape index (κ3) is 4.44. The second-order valence-electron chi connectivity index (χ2n) is 4.50. The van der Waals surface area contributed by atoms with Gasteiger partial charge in [0.15, 0.2) is 0 Å². The van der Waals surface area contributed by atoms with Crippen LogP contribution in [0, 0.1) is 18.8 Å². The summed E-state index contributed by atoms with van der Waals surface area (Å²) < 4.78 is 1.62. The number of nitrogens with zero attached hydrogens (tertiary/aromatic N) is 3. The molecule has 3 N–H and O–H groups in total. The lowest BCUT2D eigenvalue weighted by Gasteiger charge is -2.09. The summed E-state index contributed by atoms with van der Waals surface area (Å²) in [6.07, 6.45) is 3.64. The molecule has 6 heteroatoms. The second-order valence-corrected chi connectivity index (χ2v) is 4.50. The van der Waals surface area contributed by atoms with Gasteiger partial charge in [0.2, 0.25) is 5.91 Å². The first kappa shape index (κ1) is 14.8. The summed E-state index contributed by atoms with van der Waals surface area (Å²) in [5, 5.41) is 10.4. The van der Waals surface area contributed by atoms with Gasteiger partial charge in [0.1, 0.15) is 0 Å². The summed E-state index contributed by atoms with van der Waals surface area (Å²) in [5.74, 6) is 5.67. The lowest BCUT2D eigenvalue weighted by Crippen LogP contribution is -2.15. The van der Waals surface area contributed by atoms with E-state index in [4.69, 9.17) is 5.73 Å². The first-order valence-corrected chi connectivity index (χ1v) is 6.62. The Hall–Kier alpha value is -2.65. The molecule has 1 heterocycles. The summed E-state index contributed by atoms with van der Waals surface area (Å²) in [4.78, 5) is 12.0. The van der Waals surface area contributed by atoms with E-state index in [-0.39, 0.29) is 5.91 Å². The summed E-state index contributed by atoms with van der Waals surface area (Å²) in [7, 11) is 0. The molecule has 0 saturated carbocycles. The maximum atomic E-state index is 12.0. The molecular formula is C15H17N5O. The minimum Gasteiger partial charge on any atom is -0.326 e. The fourth-order valence-corrected chi connectivity index (χ4v) is 1.77. The van der Waals surface area contributed by atoms with Gasteiger partial charge in [-0.1, -0.05) is 23.1 Å². The predicted octanol–water partition coefficient (Wildman–Crippen LogP) is 0.926. The van der Waals surface area contributed by atoms with Crippen molar-refractivity contribution < 1.29 is 4.79 Å². The number of carbonyl (C=O) groups is 1. The maximum Gasteiger partial charge on any atom is 0.226 e. The van der Waals surface area contributed by atoms with Crippen LogP contribution in [0.2, 0.25) is 0 Å². The van der Waals surface area contributed by atoms with Crippen LogP contribution in [0.25, 0.3) is 0 Å². The Labute approximate surface area is 123 Å². The number of rotatable bonds is 4. The molecule has 21 heavy (non-hydrogen) atoms. The highest BCUT2D eigenvalue weighted by atomic mass is 16.1. The number of aromatic nitrogens is 3. The number of nitrogens with one attached hydrogen (secondary N) is 1. The van der Waals surface area contributed by atoms with Gasteiger partial charge >= 0.3 is 0 Å². The molecule has 0 aliphatic rings. The molecule has 0 aliphatic carbocycles. The molecule has 0 radical (unpaired) electrons. The Morgan fingerprint density at radius 1 is 1.48 bits per heavy atom. The van der Waals surface area contributed by atoms with E-state index in [2.05, 4.69) is 27.5 Å². The summed E-state index contributed by atoms with van der Waals surface area (Å²) in [6, 6.07) is 5.68. The Morgan fingerprint density at radius 2 is 2.33 bits per heavy atom. The van der Waals surface area contributed by atoms with E-state index < -0.39 is 0 Å². The quantitative estimate of drug-likeness (QED) is 0.817. The zero-order valence-corrected chi connectivity index (χ0v) is 11.8. The fraction of sp³-hybridized carbons (Fsp3) is 0.267. The molecule has 1 aromatic carbocycles. The second kappa shape index (κ2) is 7.22. The monoisotopic (exact) mass is 283 g/mol. The topological polar surface area (TPSA) is 85.8 Å². The van der Waals surface area contributed by atoms with E-state index in [9.17, 15) is 4.79 Å². The molecule has 6 nitrogen and oxygen atoms in total. The van der Waals surface area contributed by atoms with E-state index in [1.165, 1.54) is 0 Å². The van der Waals surface area contributed by atoms with Crippen LogP contribution in [-0.2, 0) is 11.3 Å². The van der Waals surface area contributed by atoms with E-state index in [0.29, 0.717) is 19.5 Å². The first-order chi connectivity index (χ1) is 10.2. The predicted molar refractivity (Wildman–Crippen MR) is 80.4 cm³/mol. The average Bonchev–Trinajstić information content (AvgIpc) is 2.99. The van der Waals surface area contributed by atoms with Crippen LogP contribution in [0.5, 0.6) is 0 Å². The van der Waals surface area contributed by atoms with Gasteiger partial charge in [-0.05, 0) is 24.6 Å². The SMILES string of the molecule is Cc1ccc(C#CCN)cc1NC(=O)CCn1ccnn1. The summed E-state index contributed by atoms with van der Waals surface area (Å²) >= 11 is 0. The summed E-state index contributed by atoms with van der Waals surface area (Å²) in [6.45, 7) is 2.75. The Morgan fingerprint density at radius 3 is 3.05 bits per heavy atom. The Bertz CT molecular complexity index is 667. The lowest BCUT2D eigenvalue weighted by molar-refractivity contribution is -0.116. The molecule has 108 valence electrons. The zero-order valence-electron chi connectivity index (χ0n) is 11.8. The molecule has 0 atom stereocenters. The van der Waals surface area contributed by atoms with Crippen molar-refractivity contribution in [3.05, 3.63) is 41.7 Å². The van der Waals surface area contributed by atoms with Crippen LogP contribution in [0.4, 0.5) is 5.69 Å². The normalized spacial score (nSPS) is 9.81. The third-order valence-electron chi connectivity index (χ3n) is 2.89. The van der Waals surface area contributed by atoms with Gasteiger partial charge in [0, 0.05) is 23.9 Å².